The van der Waals surface area contributed by atoms with Gasteiger partial charge in [-0.3, -0.25) is 4.55 Å². The number of hydrogen-bond acceptors (Lipinski definition) is 4. The fraction of sp³-hybridized carbons (Fsp3) is 0.500. The molecular formula is C28H38N2O4S2. The predicted octanol–water partition coefficient (Wildman–Crippen LogP) is 6.71. The highest BCUT2D eigenvalue weighted by atomic mass is 32.2. The summed E-state index contributed by atoms with van der Waals surface area (Å²) in [5.41, 5.74) is 3.38. The molecule has 2 aliphatic rings. The highest BCUT2D eigenvalue weighted by molar-refractivity contribution is 7.89. The third-order valence-corrected chi connectivity index (χ3v) is 10.5. The maximum atomic E-state index is 13.7. The van der Waals surface area contributed by atoms with Crippen molar-refractivity contribution in [1.82, 2.24) is 4.31 Å². The van der Waals surface area contributed by atoms with Crippen LogP contribution in [0.2, 0.25) is 0 Å². The first-order valence-electron chi connectivity index (χ1n) is 13.1. The van der Waals surface area contributed by atoms with Crippen molar-refractivity contribution in [2.75, 3.05) is 6.54 Å². The van der Waals surface area contributed by atoms with Crippen LogP contribution in [0.3, 0.4) is 0 Å². The second-order valence-corrected chi connectivity index (χ2v) is 13.7. The summed E-state index contributed by atoms with van der Waals surface area (Å²) in [6.45, 7) is 2.69. The van der Waals surface area contributed by atoms with Gasteiger partial charge in [0, 0.05) is 13.1 Å². The second-order valence-electron chi connectivity index (χ2n) is 10.0. The van der Waals surface area contributed by atoms with Crippen LogP contribution < -0.4 is 0 Å². The van der Waals surface area contributed by atoms with Gasteiger partial charge in [-0.2, -0.15) is 4.31 Å². The summed E-state index contributed by atoms with van der Waals surface area (Å²) < 4.78 is 56.7. The molecular weight excluding hydrogens is 492 g/mol. The van der Waals surface area contributed by atoms with Crippen LogP contribution >= 0.6 is 0 Å². The van der Waals surface area contributed by atoms with Crippen molar-refractivity contribution < 1.29 is 17.2 Å². The summed E-state index contributed by atoms with van der Waals surface area (Å²) in [5.74, 6) is 0. The first kappa shape index (κ1) is 27.0. The van der Waals surface area contributed by atoms with Crippen LogP contribution in [-0.2, 0) is 26.6 Å². The predicted molar refractivity (Wildman–Crippen MR) is 145 cm³/mol. The van der Waals surface area contributed by atoms with E-state index in [-0.39, 0.29) is 22.4 Å². The number of hydrogen-bond donors (Lipinski definition) is 1. The van der Waals surface area contributed by atoms with Crippen LogP contribution in [0.5, 0.6) is 0 Å². The molecule has 0 heterocycles. The third kappa shape index (κ3) is 7.06. The SMILES string of the molecule is Cc1ccc(CN(CCC2=CCCCC2)S(=O)(=O)c2ccc(S(=O)(O)=NC3CCCCC3)cc2)cc1. The lowest BCUT2D eigenvalue weighted by atomic mass is 9.97. The first-order valence-corrected chi connectivity index (χ1v) is 16.0. The van der Waals surface area contributed by atoms with Crippen LogP contribution in [0.1, 0.15) is 75.3 Å². The van der Waals surface area contributed by atoms with Gasteiger partial charge in [0.25, 0.3) is 0 Å². The molecule has 2 aromatic rings. The highest BCUT2D eigenvalue weighted by Crippen LogP contribution is 2.27. The van der Waals surface area contributed by atoms with Gasteiger partial charge < -0.3 is 0 Å². The van der Waals surface area contributed by atoms with Gasteiger partial charge in [-0.15, -0.1) is 0 Å². The maximum absolute atomic E-state index is 13.7. The molecule has 4 rings (SSSR count). The lowest BCUT2D eigenvalue weighted by Crippen LogP contribution is -2.32. The fourth-order valence-corrected chi connectivity index (χ4v) is 7.62. The molecule has 196 valence electrons. The van der Waals surface area contributed by atoms with E-state index in [2.05, 4.69) is 10.4 Å². The molecule has 1 fully saturated rings. The molecule has 8 heteroatoms. The lowest BCUT2D eigenvalue weighted by molar-refractivity contribution is 0.406. The normalized spacial score (nSPS) is 19.0. The number of nitrogens with zero attached hydrogens (tertiary/aromatic N) is 2. The average Bonchev–Trinajstić information content (AvgIpc) is 2.88. The Morgan fingerprint density at radius 1 is 0.889 bits per heavy atom. The minimum atomic E-state index is -3.80. The third-order valence-electron chi connectivity index (χ3n) is 7.18. The molecule has 0 amide bonds. The number of benzene rings is 2. The minimum absolute atomic E-state index is 0.112. The molecule has 1 saturated carbocycles. The zero-order valence-corrected chi connectivity index (χ0v) is 22.8. The zero-order chi connectivity index (χ0) is 25.6. The average molecular weight is 531 g/mol. The lowest BCUT2D eigenvalue weighted by Gasteiger charge is -2.24. The Labute approximate surface area is 216 Å². The summed E-state index contributed by atoms with van der Waals surface area (Å²) in [7, 11) is -7.36. The summed E-state index contributed by atoms with van der Waals surface area (Å²) in [4.78, 5) is 0.285. The van der Waals surface area contributed by atoms with Crippen molar-refractivity contribution in [3.8, 4) is 0 Å². The van der Waals surface area contributed by atoms with E-state index in [1.807, 2.05) is 31.2 Å². The van der Waals surface area contributed by atoms with E-state index in [1.54, 1.807) is 0 Å². The number of aryl methyl sites for hydroxylation is 1. The zero-order valence-electron chi connectivity index (χ0n) is 21.1. The van der Waals surface area contributed by atoms with Crippen LogP contribution in [0.15, 0.2) is 74.3 Å². The van der Waals surface area contributed by atoms with E-state index in [0.29, 0.717) is 13.0 Å². The van der Waals surface area contributed by atoms with E-state index in [0.717, 1.165) is 62.5 Å². The molecule has 36 heavy (non-hydrogen) atoms. The summed E-state index contributed by atoms with van der Waals surface area (Å²) >= 11 is 0. The molecule has 2 aromatic carbocycles. The van der Waals surface area contributed by atoms with Crippen LogP contribution in [-0.4, -0.2) is 34.1 Å². The molecule has 0 bridgehead atoms. The van der Waals surface area contributed by atoms with Crippen molar-refractivity contribution in [1.29, 1.82) is 0 Å². The fourth-order valence-electron chi connectivity index (χ4n) is 4.97. The van der Waals surface area contributed by atoms with Gasteiger partial charge in [-0.05, 0) is 81.7 Å². The van der Waals surface area contributed by atoms with Crippen molar-refractivity contribution in [3.05, 3.63) is 71.3 Å². The molecule has 0 radical (unpaired) electrons. The Kier molecular flexibility index (Phi) is 9.04. The molecule has 0 aromatic heterocycles. The molecule has 0 spiro atoms. The monoisotopic (exact) mass is 530 g/mol. The molecule has 1 atom stereocenters. The second kappa shape index (κ2) is 12.0. The number of sulfonamides is 1. The molecule has 0 saturated heterocycles. The van der Waals surface area contributed by atoms with Crippen molar-refractivity contribution in [3.63, 3.8) is 0 Å². The van der Waals surface area contributed by atoms with Crippen molar-refractivity contribution in [2.24, 2.45) is 4.36 Å². The largest absolute Gasteiger partial charge is 0.297 e. The highest BCUT2D eigenvalue weighted by Gasteiger charge is 2.26. The Hall–Kier alpha value is -2.00. The van der Waals surface area contributed by atoms with Gasteiger partial charge >= 0.3 is 0 Å². The van der Waals surface area contributed by atoms with Crippen LogP contribution in [0, 0.1) is 6.92 Å². The Morgan fingerprint density at radius 3 is 2.19 bits per heavy atom. The van der Waals surface area contributed by atoms with Gasteiger partial charge in [0.15, 0.2) is 10.0 Å². The summed E-state index contributed by atoms with van der Waals surface area (Å²) in [6.07, 6.45) is 12.3. The minimum Gasteiger partial charge on any atom is -0.297 e. The van der Waals surface area contributed by atoms with Gasteiger partial charge in [-0.1, -0.05) is 60.7 Å². The Balaban J connectivity index is 1.57. The topological polar surface area (TPSA) is 87.0 Å². The smallest absolute Gasteiger partial charge is 0.243 e. The van der Waals surface area contributed by atoms with E-state index in [9.17, 15) is 17.2 Å². The molecule has 1 N–H and O–H groups in total. The molecule has 2 aliphatic carbocycles. The Bertz CT molecular complexity index is 1270. The van der Waals surface area contributed by atoms with Crippen molar-refractivity contribution in [2.45, 2.75) is 93.5 Å². The van der Waals surface area contributed by atoms with Crippen molar-refractivity contribution >= 4 is 20.0 Å². The van der Waals surface area contributed by atoms with E-state index < -0.39 is 20.0 Å². The van der Waals surface area contributed by atoms with Crippen LogP contribution in [0.4, 0.5) is 0 Å². The number of rotatable bonds is 9. The number of allylic oxidation sites excluding steroid dienone is 1. The maximum Gasteiger partial charge on any atom is 0.243 e. The summed E-state index contributed by atoms with van der Waals surface area (Å²) in [6, 6.07) is 13.6. The van der Waals surface area contributed by atoms with Gasteiger partial charge in [-0.25, -0.2) is 17.0 Å². The molecule has 1 unspecified atom stereocenters. The van der Waals surface area contributed by atoms with E-state index >= 15 is 0 Å². The van der Waals surface area contributed by atoms with E-state index in [4.69, 9.17) is 0 Å². The van der Waals surface area contributed by atoms with Gasteiger partial charge in [0.05, 0.1) is 15.8 Å². The van der Waals surface area contributed by atoms with E-state index in [1.165, 1.54) is 40.6 Å². The standard InChI is InChI=1S/C28H38N2O4S2/c1-23-12-14-25(15-13-23)22-30(21-20-24-8-4-2-5-9-24)36(33,34)28-18-16-27(17-19-28)35(31,32)29-26-10-6-3-7-11-26/h8,12-19,26H,2-7,9-11,20-22H2,1H3,(H,29,31,32). The molecule has 0 aliphatic heterocycles. The quantitative estimate of drug-likeness (QED) is 0.365. The summed E-state index contributed by atoms with van der Waals surface area (Å²) in [5, 5.41) is 0. The molecule has 6 nitrogen and oxygen atoms in total. The van der Waals surface area contributed by atoms with Gasteiger partial charge in [0.1, 0.15) is 0 Å². The van der Waals surface area contributed by atoms with Gasteiger partial charge in [0.2, 0.25) is 10.0 Å². The Morgan fingerprint density at radius 2 is 1.56 bits per heavy atom. The van der Waals surface area contributed by atoms with Crippen LogP contribution in [0.25, 0.3) is 0 Å². The first-order chi connectivity index (χ1) is 17.2.